The molecule has 0 aliphatic rings. The van der Waals surface area contributed by atoms with Crippen molar-refractivity contribution in [2.45, 2.75) is 19.4 Å². The van der Waals surface area contributed by atoms with E-state index in [-0.39, 0.29) is 6.42 Å². The van der Waals surface area contributed by atoms with Crippen LogP contribution in [0.1, 0.15) is 18.4 Å². The molecule has 0 spiro atoms. The van der Waals surface area contributed by atoms with Gasteiger partial charge in [-0.05, 0) is 18.6 Å². The van der Waals surface area contributed by atoms with Crippen LogP contribution < -0.4 is 10.4 Å². The maximum Gasteiger partial charge on any atom is 0.101 e. The number of carbonyl (C=O) groups is 1. The van der Waals surface area contributed by atoms with Crippen LogP contribution in [-0.4, -0.2) is 12.5 Å². The summed E-state index contributed by atoms with van der Waals surface area (Å²) in [5.41, 5.74) is 1.19. The molecule has 0 atom stereocenters. The number of halogens is 1. The molecule has 0 amide bonds. The maximum absolute atomic E-state index is 10.1. The molecule has 1 aromatic rings. The Balaban J connectivity index is 2.15. The highest BCUT2D eigenvalue weighted by molar-refractivity contribution is 6.30. The van der Waals surface area contributed by atoms with Crippen molar-refractivity contribution in [3.8, 4) is 0 Å². The topological polar surface area (TPSA) is 56.7 Å². The van der Waals surface area contributed by atoms with Gasteiger partial charge in [0.2, 0.25) is 0 Å². The lowest BCUT2D eigenvalue weighted by Gasteiger charge is -2.03. The molecule has 3 nitrogen and oxygen atoms in total. The first kappa shape index (κ1) is 12.0. The van der Waals surface area contributed by atoms with Crippen molar-refractivity contribution in [1.82, 2.24) is 0 Å². The highest BCUT2D eigenvalue weighted by Gasteiger charge is 1.96. The van der Waals surface area contributed by atoms with Gasteiger partial charge in [0, 0.05) is 23.0 Å². The number of carboxylic acids is 1. The predicted octanol–water partition coefficient (Wildman–Crippen LogP) is -0.0665. The van der Waals surface area contributed by atoms with Crippen molar-refractivity contribution in [1.29, 1.82) is 0 Å². The molecule has 1 aromatic carbocycles. The third kappa shape index (κ3) is 5.40. The number of aliphatic carboxylic acids is 1. The summed E-state index contributed by atoms with van der Waals surface area (Å²) < 4.78 is 0. The molecule has 82 valence electrons. The summed E-state index contributed by atoms with van der Waals surface area (Å²) in [7, 11) is 0. The molecule has 0 saturated carbocycles. The number of rotatable bonds is 6. The minimum absolute atomic E-state index is 0.136. The Hall–Kier alpha value is -1.06. The van der Waals surface area contributed by atoms with Gasteiger partial charge in [-0.3, -0.25) is 0 Å². The van der Waals surface area contributed by atoms with Crippen LogP contribution in [0.5, 0.6) is 0 Å². The van der Waals surface area contributed by atoms with E-state index in [0.717, 1.165) is 18.1 Å². The summed E-state index contributed by atoms with van der Waals surface area (Å²) >= 11 is 5.75. The van der Waals surface area contributed by atoms with E-state index in [1.807, 2.05) is 24.3 Å². The van der Waals surface area contributed by atoms with Crippen LogP contribution in [-0.2, 0) is 11.3 Å². The van der Waals surface area contributed by atoms with Crippen LogP contribution in [0, 0.1) is 0 Å². The van der Waals surface area contributed by atoms with Crippen molar-refractivity contribution in [3.63, 3.8) is 0 Å². The minimum Gasteiger partial charge on any atom is -0.550 e. The smallest absolute Gasteiger partial charge is 0.101 e. The number of hydrogen-bond acceptors (Lipinski definition) is 2. The molecule has 0 saturated heterocycles. The zero-order valence-electron chi connectivity index (χ0n) is 8.41. The Bertz CT molecular complexity index is 311. The van der Waals surface area contributed by atoms with Crippen LogP contribution >= 0.6 is 11.6 Å². The standard InChI is InChI=1S/C11H14ClNO2/c12-10-5-3-9(4-6-10)8-13-7-1-2-11(14)15/h3-6,13H,1-2,7-8H2,(H,14,15). The fraction of sp³-hybridized carbons (Fsp3) is 0.364. The minimum atomic E-state index is -0.977. The van der Waals surface area contributed by atoms with Gasteiger partial charge in [-0.1, -0.05) is 23.7 Å². The summed E-state index contributed by atoms with van der Waals surface area (Å²) in [4.78, 5) is 10.1. The third-order valence-corrected chi connectivity index (χ3v) is 2.33. The Morgan fingerprint density at radius 2 is 2.00 bits per heavy atom. The maximum atomic E-state index is 10.1. The van der Waals surface area contributed by atoms with E-state index < -0.39 is 5.97 Å². The lowest BCUT2D eigenvalue weighted by atomic mass is 10.2. The summed E-state index contributed by atoms with van der Waals surface area (Å²) in [6.07, 6.45) is 0.785. The molecule has 0 aliphatic carbocycles. The highest BCUT2D eigenvalue weighted by atomic mass is 35.5. The SMILES string of the molecule is O=C([O-])CCC[NH2+]Cc1ccc(Cl)cc1. The zero-order valence-corrected chi connectivity index (χ0v) is 9.17. The van der Waals surface area contributed by atoms with Crippen LogP contribution in [0.15, 0.2) is 24.3 Å². The normalized spacial score (nSPS) is 10.2. The van der Waals surface area contributed by atoms with Crippen LogP contribution in [0.3, 0.4) is 0 Å². The molecule has 0 aliphatic heterocycles. The van der Waals surface area contributed by atoms with Crippen LogP contribution in [0.2, 0.25) is 5.02 Å². The van der Waals surface area contributed by atoms with Gasteiger partial charge >= 0.3 is 0 Å². The van der Waals surface area contributed by atoms with Gasteiger partial charge in [-0.15, -0.1) is 0 Å². The van der Waals surface area contributed by atoms with Crippen molar-refractivity contribution >= 4 is 17.6 Å². The van der Waals surface area contributed by atoms with E-state index in [1.165, 1.54) is 5.56 Å². The molecule has 0 radical (unpaired) electrons. The molecule has 0 bridgehead atoms. The van der Waals surface area contributed by atoms with E-state index in [4.69, 9.17) is 11.6 Å². The van der Waals surface area contributed by atoms with Gasteiger partial charge in [-0.25, -0.2) is 0 Å². The molecule has 0 fully saturated rings. The Labute approximate surface area is 94.1 Å². The van der Waals surface area contributed by atoms with Gasteiger partial charge in [0.15, 0.2) is 0 Å². The third-order valence-electron chi connectivity index (χ3n) is 2.08. The van der Waals surface area contributed by atoms with Gasteiger partial charge in [-0.2, -0.15) is 0 Å². The van der Waals surface area contributed by atoms with E-state index in [0.29, 0.717) is 6.42 Å². The van der Waals surface area contributed by atoms with Crippen molar-refractivity contribution in [2.75, 3.05) is 6.54 Å². The number of nitrogens with two attached hydrogens (primary N) is 1. The Kier molecular flexibility index (Phi) is 5.15. The van der Waals surface area contributed by atoms with Gasteiger partial charge in [0.25, 0.3) is 0 Å². The highest BCUT2D eigenvalue weighted by Crippen LogP contribution is 2.08. The zero-order chi connectivity index (χ0) is 11.1. The monoisotopic (exact) mass is 227 g/mol. The second-order valence-corrected chi connectivity index (χ2v) is 3.82. The summed E-state index contributed by atoms with van der Waals surface area (Å²) in [5.74, 6) is -0.977. The first-order valence-electron chi connectivity index (χ1n) is 4.94. The molecule has 0 aromatic heterocycles. The quantitative estimate of drug-likeness (QED) is 0.692. The molecule has 2 N–H and O–H groups in total. The molecular formula is C11H14ClNO2. The Morgan fingerprint density at radius 3 is 2.60 bits per heavy atom. The first-order valence-corrected chi connectivity index (χ1v) is 5.32. The average molecular weight is 228 g/mol. The number of quaternary nitrogens is 1. The second-order valence-electron chi connectivity index (χ2n) is 3.38. The lowest BCUT2D eigenvalue weighted by Crippen LogP contribution is -2.82. The molecule has 0 unspecified atom stereocenters. The Morgan fingerprint density at radius 1 is 1.33 bits per heavy atom. The molecular weight excluding hydrogens is 214 g/mol. The summed E-state index contributed by atoms with van der Waals surface area (Å²) in [6, 6.07) is 7.65. The largest absolute Gasteiger partial charge is 0.550 e. The van der Waals surface area contributed by atoms with E-state index in [9.17, 15) is 9.90 Å². The number of carbonyl (C=O) groups excluding carboxylic acids is 1. The second kappa shape index (κ2) is 6.43. The number of hydrogen-bond donors (Lipinski definition) is 1. The molecule has 0 heterocycles. The number of benzene rings is 1. The van der Waals surface area contributed by atoms with Crippen LogP contribution in [0.4, 0.5) is 0 Å². The van der Waals surface area contributed by atoms with E-state index in [2.05, 4.69) is 5.32 Å². The summed E-state index contributed by atoms with van der Waals surface area (Å²) in [6.45, 7) is 1.65. The summed E-state index contributed by atoms with van der Waals surface area (Å²) in [5, 5.41) is 12.9. The van der Waals surface area contributed by atoms with Gasteiger partial charge in [0.1, 0.15) is 6.54 Å². The number of carboxylic acid groups (broad SMARTS) is 1. The molecule has 15 heavy (non-hydrogen) atoms. The fourth-order valence-corrected chi connectivity index (χ4v) is 1.41. The van der Waals surface area contributed by atoms with Gasteiger partial charge in [0.05, 0.1) is 6.54 Å². The fourth-order valence-electron chi connectivity index (χ4n) is 1.28. The average Bonchev–Trinajstić information content (AvgIpc) is 2.20. The molecule has 4 heteroatoms. The van der Waals surface area contributed by atoms with Crippen molar-refractivity contribution < 1.29 is 15.2 Å². The molecule has 1 rings (SSSR count). The van der Waals surface area contributed by atoms with Gasteiger partial charge < -0.3 is 15.2 Å². The van der Waals surface area contributed by atoms with Crippen molar-refractivity contribution in [3.05, 3.63) is 34.9 Å². The van der Waals surface area contributed by atoms with E-state index >= 15 is 0 Å². The van der Waals surface area contributed by atoms with E-state index in [1.54, 1.807) is 0 Å². The van der Waals surface area contributed by atoms with Crippen LogP contribution in [0.25, 0.3) is 0 Å². The lowest BCUT2D eigenvalue weighted by molar-refractivity contribution is -0.670. The van der Waals surface area contributed by atoms with Crippen molar-refractivity contribution in [2.24, 2.45) is 0 Å². The predicted molar refractivity (Wildman–Crippen MR) is 56.2 cm³/mol. The first-order chi connectivity index (χ1) is 7.18.